The molecule has 5 aromatic rings. The largest absolute Gasteiger partial charge is 0.506 e. The van der Waals surface area contributed by atoms with Crippen LogP contribution < -0.4 is 0 Å². The van der Waals surface area contributed by atoms with Gasteiger partial charge in [-0.15, -0.1) is 0 Å². The van der Waals surface area contributed by atoms with Crippen molar-refractivity contribution in [1.29, 1.82) is 0 Å². The Labute approximate surface area is 155 Å². The van der Waals surface area contributed by atoms with Crippen LogP contribution in [0.25, 0.3) is 38.5 Å². The van der Waals surface area contributed by atoms with Gasteiger partial charge in [0.2, 0.25) is 0 Å². The molecule has 3 heteroatoms. The third-order valence-electron chi connectivity index (χ3n) is 4.98. The number of fused-ring (bicyclic) bond motifs is 2. The van der Waals surface area contributed by atoms with Crippen LogP contribution in [0.4, 0.5) is 4.39 Å². The minimum absolute atomic E-state index is 0.119. The van der Waals surface area contributed by atoms with E-state index in [1.807, 2.05) is 72.9 Å². The second kappa shape index (κ2) is 5.99. The van der Waals surface area contributed by atoms with Crippen molar-refractivity contribution in [2.45, 2.75) is 0 Å². The van der Waals surface area contributed by atoms with Crippen LogP contribution in [0.2, 0.25) is 0 Å². The maximum atomic E-state index is 14.9. The maximum Gasteiger partial charge on any atom is 0.147 e. The number of para-hydroxylation sites is 1. The molecule has 0 saturated heterocycles. The third kappa shape index (κ3) is 2.40. The van der Waals surface area contributed by atoms with E-state index >= 15 is 0 Å². The Kier molecular flexibility index (Phi) is 3.47. The summed E-state index contributed by atoms with van der Waals surface area (Å²) in [5.41, 5.74) is 2.98. The zero-order chi connectivity index (χ0) is 18.4. The highest BCUT2D eigenvalue weighted by Gasteiger charge is 2.18. The molecule has 0 unspecified atom stereocenters. The molecule has 0 atom stereocenters. The lowest BCUT2D eigenvalue weighted by Gasteiger charge is -2.12. The summed E-state index contributed by atoms with van der Waals surface area (Å²) in [6, 6.07) is 26.3. The number of hydrogen-bond acceptors (Lipinski definition) is 1. The summed E-state index contributed by atoms with van der Waals surface area (Å²) in [5.74, 6) is -0.199. The van der Waals surface area contributed by atoms with Crippen LogP contribution in [0.5, 0.6) is 5.75 Å². The molecular weight excluding hydrogens is 337 g/mol. The highest BCUT2D eigenvalue weighted by molar-refractivity contribution is 6.01. The Morgan fingerprint density at radius 2 is 1.44 bits per heavy atom. The minimum atomic E-state index is -0.318. The first-order valence-electron chi connectivity index (χ1n) is 8.80. The fourth-order valence-corrected chi connectivity index (χ4v) is 3.76. The van der Waals surface area contributed by atoms with Crippen molar-refractivity contribution in [3.8, 4) is 22.6 Å². The molecule has 27 heavy (non-hydrogen) atoms. The van der Waals surface area contributed by atoms with Gasteiger partial charge >= 0.3 is 0 Å². The highest BCUT2D eigenvalue weighted by Crippen LogP contribution is 2.38. The highest BCUT2D eigenvalue weighted by atomic mass is 19.1. The molecule has 1 aromatic heterocycles. The summed E-state index contributed by atoms with van der Waals surface area (Å²) in [5, 5.41) is 13.3. The van der Waals surface area contributed by atoms with Gasteiger partial charge in [0, 0.05) is 22.5 Å². The average Bonchev–Trinajstić information content (AvgIpc) is 3.09. The number of rotatable bonds is 2. The number of phenols is 1. The first-order valence-corrected chi connectivity index (χ1v) is 8.80. The van der Waals surface area contributed by atoms with Crippen LogP contribution in [-0.4, -0.2) is 9.67 Å². The second-order valence-corrected chi connectivity index (χ2v) is 6.57. The third-order valence-corrected chi connectivity index (χ3v) is 4.98. The van der Waals surface area contributed by atoms with Gasteiger partial charge in [-0.05, 0) is 23.1 Å². The molecule has 0 radical (unpaired) electrons. The monoisotopic (exact) mass is 353 g/mol. The van der Waals surface area contributed by atoms with E-state index < -0.39 is 0 Å². The summed E-state index contributed by atoms with van der Waals surface area (Å²) in [6.45, 7) is 0. The summed E-state index contributed by atoms with van der Waals surface area (Å²) in [6.07, 6.45) is 1.91. The van der Waals surface area contributed by atoms with Crippen LogP contribution in [0.1, 0.15) is 0 Å². The standard InChI is InChI=1S/C24H16FNO/c25-21-12-6-11-19-20(16-7-2-1-3-8-16)15-26(23(19)21)24-18-10-5-4-9-17(18)13-14-22(24)27/h1-15,27H. The van der Waals surface area contributed by atoms with E-state index in [9.17, 15) is 9.50 Å². The number of aromatic hydroxyl groups is 1. The fourth-order valence-electron chi connectivity index (χ4n) is 3.76. The number of nitrogens with zero attached hydrogens (tertiary/aromatic N) is 1. The Bertz CT molecular complexity index is 1290. The van der Waals surface area contributed by atoms with Crippen molar-refractivity contribution < 1.29 is 9.50 Å². The average molecular weight is 353 g/mol. The van der Waals surface area contributed by atoms with Crippen LogP contribution in [0, 0.1) is 5.82 Å². The molecule has 0 aliphatic heterocycles. The lowest BCUT2D eigenvalue weighted by atomic mass is 10.1. The zero-order valence-corrected chi connectivity index (χ0v) is 14.4. The Hall–Kier alpha value is -3.59. The quantitative estimate of drug-likeness (QED) is 0.396. The van der Waals surface area contributed by atoms with Crippen molar-refractivity contribution in [2.75, 3.05) is 0 Å². The minimum Gasteiger partial charge on any atom is -0.506 e. The molecule has 0 amide bonds. The predicted octanol–water partition coefficient (Wildman–Crippen LogP) is 6.30. The Morgan fingerprint density at radius 1 is 0.704 bits per heavy atom. The van der Waals surface area contributed by atoms with Crippen LogP contribution >= 0.6 is 0 Å². The van der Waals surface area contributed by atoms with E-state index in [4.69, 9.17) is 0 Å². The fraction of sp³-hybridized carbons (Fsp3) is 0. The van der Waals surface area contributed by atoms with Crippen LogP contribution in [0.3, 0.4) is 0 Å². The molecule has 0 aliphatic carbocycles. The topological polar surface area (TPSA) is 25.2 Å². The Balaban J connectivity index is 1.93. The number of halogens is 1. The van der Waals surface area contributed by atoms with E-state index in [-0.39, 0.29) is 11.6 Å². The first-order chi connectivity index (χ1) is 13.2. The summed E-state index contributed by atoms with van der Waals surface area (Å²) >= 11 is 0. The number of aromatic nitrogens is 1. The molecule has 5 rings (SSSR count). The molecule has 0 saturated carbocycles. The normalized spacial score (nSPS) is 11.3. The van der Waals surface area contributed by atoms with Crippen molar-refractivity contribution in [2.24, 2.45) is 0 Å². The predicted molar refractivity (Wildman–Crippen MR) is 108 cm³/mol. The van der Waals surface area contributed by atoms with E-state index in [1.54, 1.807) is 16.7 Å². The number of hydrogen-bond donors (Lipinski definition) is 1. The summed E-state index contributed by atoms with van der Waals surface area (Å²) in [7, 11) is 0. The second-order valence-electron chi connectivity index (χ2n) is 6.57. The molecule has 0 fully saturated rings. The van der Waals surface area contributed by atoms with E-state index in [1.165, 1.54) is 6.07 Å². The van der Waals surface area contributed by atoms with Gasteiger partial charge in [-0.25, -0.2) is 4.39 Å². The van der Waals surface area contributed by atoms with Gasteiger partial charge in [-0.1, -0.05) is 72.8 Å². The van der Waals surface area contributed by atoms with Gasteiger partial charge in [-0.2, -0.15) is 0 Å². The Morgan fingerprint density at radius 3 is 2.30 bits per heavy atom. The SMILES string of the molecule is Oc1ccc2ccccc2c1-n1cc(-c2ccccc2)c2cccc(F)c21. The molecule has 4 aromatic carbocycles. The summed E-state index contributed by atoms with van der Waals surface area (Å²) in [4.78, 5) is 0. The van der Waals surface area contributed by atoms with Gasteiger partial charge < -0.3 is 9.67 Å². The number of benzene rings is 4. The lowest BCUT2D eigenvalue weighted by Crippen LogP contribution is -1.96. The van der Waals surface area contributed by atoms with Gasteiger partial charge in [0.25, 0.3) is 0 Å². The molecule has 0 bridgehead atoms. The lowest BCUT2D eigenvalue weighted by molar-refractivity contribution is 0.473. The van der Waals surface area contributed by atoms with Crippen molar-refractivity contribution >= 4 is 21.7 Å². The first kappa shape index (κ1) is 15.6. The van der Waals surface area contributed by atoms with E-state index in [0.717, 1.165) is 27.3 Å². The van der Waals surface area contributed by atoms with E-state index in [0.29, 0.717) is 11.2 Å². The van der Waals surface area contributed by atoms with Crippen molar-refractivity contribution in [1.82, 2.24) is 4.57 Å². The van der Waals surface area contributed by atoms with Crippen molar-refractivity contribution in [3.05, 3.63) is 96.9 Å². The van der Waals surface area contributed by atoms with Crippen molar-refractivity contribution in [3.63, 3.8) is 0 Å². The van der Waals surface area contributed by atoms with Crippen LogP contribution in [0.15, 0.2) is 91.1 Å². The van der Waals surface area contributed by atoms with Crippen LogP contribution in [-0.2, 0) is 0 Å². The maximum absolute atomic E-state index is 14.9. The molecule has 1 heterocycles. The molecular formula is C24H16FNO. The van der Waals surface area contributed by atoms with Gasteiger partial charge in [0.05, 0.1) is 11.2 Å². The molecule has 130 valence electrons. The molecule has 0 aliphatic rings. The van der Waals surface area contributed by atoms with Gasteiger partial charge in [0.1, 0.15) is 11.6 Å². The van der Waals surface area contributed by atoms with Gasteiger partial charge in [0.15, 0.2) is 0 Å². The zero-order valence-electron chi connectivity index (χ0n) is 14.4. The number of phenolic OH excluding ortho intramolecular Hbond substituents is 1. The van der Waals surface area contributed by atoms with E-state index in [2.05, 4.69) is 0 Å². The molecule has 1 N–H and O–H groups in total. The molecule has 0 spiro atoms. The molecule has 2 nitrogen and oxygen atoms in total. The smallest absolute Gasteiger partial charge is 0.147 e. The van der Waals surface area contributed by atoms with Gasteiger partial charge in [-0.3, -0.25) is 0 Å². The summed E-state index contributed by atoms with van der Waals surface area (Å²) < 4.78 is 16.7.